The van der Waals surface area contributed by atoms with Crippen LogP contribution in [0.15, 0.2) is 36.4 Å². The fourth-order valence-corrected chi connectivity index (χ4v) is 2.49. The summed E-state index contributed by atoms with van der Waals surface area (Å²) in [6.45, 7) is 2.06. The minimum absolute atomic E-state index is 0.181. The monoisotopic (exact) mass is 337 g/mol. The van der Waals surface area contributed by atoms with Crippen molar-refractivity contribution in [2.75, 3.05) is 6.79 Å². The Hall–Kier alpha value is -1.91. The van der Waals surface area contributed by atoms with Gasteiger partial charge in [-0.3, -0.25) is 4.79 Å². The minimum Gasteiger partial charge on any atom is -0.454 e. The van der Waals surface area contributed by atoms with Crippen molar-refractivity contribution in [1.82, 2.24) is 5.32 Å². The zero-order chi connectivity index (χ0) is 15.7. The highest BCUT2D eigenvalue weighted by Gasteiger charge is 2.18. The molecule has 0 saturated heterocycles. The van der Waals surface area contributed by atoms with Crippen molar-refractivity contribution in [2.24, 2.45) is 0 Å². The number of carbonyl (C=O) groups excluding carboxylic acids is 1. The van der Waals surface area contributed by atoms with E-state index in [0.717, 1.165) is 5.56 Å². The van der Waals surface area contributed by atoms with Crippen LogP contribution in [0.1, 0.15) is 28.9 Å². The van der Waals surface area contributed by atoms with Gasteiger partial charge in [-0.2, -0.15) is 0 Å². The first-order chi connectivity index (χ1) is 10.5. The van der Waals surface area contributed by atoms with Crippen LogP contribution in [-0.2, 0) is 0 Å². The summed E-state index contributed by atoms with van der Waals surface area (Å²) in [4.78, 5) is 12.3. The molecule has 1 N–H and O–H groups in total. The molecule has 3 rings (SSSR count). The van der Waals surface area contributed by atoms with Gasteiger partial charge in [-0.1, -0.05) is 29.3 Å². The van der Waals surface area contributed by atoms with Crippen molar-refractivity contribution in [2.45, 2.75) is 13.0 Å². The number of halogens is 2. The van der Waals surface area contributed by atoms with E-state index in [1.54, 1.807) is 30.3 Å². The summed E-state index contributed by atoms with van der Waals surface area (Å²) in [6, 6.07) is 10.2. The smallest absolute Gasteiger partial charge is 0.251 e. The lowest BCUT2D eigenvalue weighted by atomic mass is 10.1. The average Bonchev–Trinajstić information content (AvgIpc) is 2.97. The molecule has 1 heterocycles. The second-order valence-corrected chi connectivity index (χ2v) is 5.75. The molecule has 0 radical (unpaired) electrons. The molecule has 4 nitrogen and oxygen atoms in total. The number of carbonyl (C=O) groups is 1. The van der Waals surface area contributed by atoms with Gasteiger partial charge >= 0.3 is 0 Å². The van der Waals surface area contributed by atoms with Gasteiger partial charge in [0.15, 0.2) is 11.5 Å². The Bertz CT molecular complexity index is 733. The standard InChI is InChI=1S/C16H13Cl2NO3/c1-9(10-2-4-12(17)13(18)6-10)19-16(20)11-3-5-14-15(7-11)22-8-21-14/h2-7,9H,8H2,1H3,(H,19,20)/t9-/m1/s1. The lowest BCUT2D eigenvalue weighted by Crippen LogP contribution is -2.26. The number of hydrogen-bond donors (Lipinski definition) is 1. The van der Waals surface area contributed by atoms with Crippen molar-refractivity contribution < 1.29 is 14.3 Å². The maximum absolute atomic E-state index is 12.3. The molecule has 1 amide bonds. The zero-order valence-corrected chi connectivity index (χ0v) is 13.2. The zero-order valence-electron chi connectivity index (χ0n) is 11.7. The van der Waals surface area contributed by atoms with E-state index in [1.807, 2.05) is 13.0 Å². The molecule has 0 unspecified atom stereocenters. The first-order valence-corrected chi connectivity index (χ1v) is 7.45. The van der Waals surface area contributed by atoms with Crippen LogP contribution in [0.4, 0.5) is 0 Å². The van der Waals surface area contributed by atoms with Crippen LogP contribution < -0.4 is 14.8 Å². The van der Waals surface area contributed by atoms with Crippen LogP contribution in [0.2, 0.25) is 10.0 Å². The number of nitrogens with one attached hydrogen (secondary N) is 1. The Labute approximate surface area is 137 Å². The molecule has 1 aliphatic rings. The minimum atomic E-state index is -0.201. The van der Waals surface area contributed by atoms with Crippen molar-refractivity contribution in [3.05, 3.63) is 57.6 Å². The van der Waals surface area contributed by atoms with Gasteiger partial charge in [0.1, 0.15) is 0 Å². The van der Waals surface area contributed by atoms with E-state index in [0.29, 0.717) is 27.1 Å². The summed E-state index contributed by atoms with van der Waals surface area (Å²) in [5.74, 6) is 1.03. The summed E-state index contributed by atoms with van der Waals surface area (Å²) in [7, 11) is 0. The SMILES string of the molecule is C[C@@H](NC(=O)c1ccc2c(c1)OCO2)c1ccc(Cl)c(Cl)c1. The highest BCUT2D eigenvalue weighted by atomic mass is 35.5. The fraction of sp³-hybridized carbons (Fsp3) is 0.188. The molecule has 0 saturated carbocycles. The maximum atomic E-state index is 12.3. The number of benzene rings is 2. The first-order valence-electron chi connectivity index (χ1n) is 6.70. The molecule has 0 spiro atoms. The molecule has 1 atom stereocenters. The van der Waals surface area contributed by atoms with Gasteiger partial charge in [0.05, 0.1) is 16.1 Å². The molecule has 0 aliphatic carbocycles. The van der Waals surface area contributed by atoms with E-state index in [9.17, 15) is 4.79 Å². The predicted molar refractivity (Wildman–Crippen MR) is 84.9 cm³/mol. The van der Waals surface area contributed by atoms with Crippen LogP contribution in [-0.4, -0.2) is 12.7 Å². The fourth-order valence-electron chi connectivity index (χ4n) is 2.18. The topological polar surface area (TPSA) is 47.6 Å². The van der Waals surface area contributed by atoms with Crippen molar-refractivity contribution in [3.63, 3.8) is 0 Å². The van der Waals surface area contributed by atoms with Gasteiger partial charge in [-0.05, 0) is 42.8 Å². The average molecular weight is 338 g/mol. The van der Waals surface area contributed by atoms with E-state index < -0.39 is 0 Å². The molecule has 6 heteroatoms. The number of fused-ring (bicyclic) bond motifs is 1. The summed E-state index contributed by atoms with van der Waals surface area (Å²) in [5.41, 5.74) is 1.39. The van der Waals surface area contributed by atoms with Crippen molar-refractivity contribution in [3.8, 4) is 11.5 Å². The van der Waals surface area contributed by atoms with E-state index in [4.69, 9.17) is 32.7 Å². The highest BCUT2D eigenvalue weighted by molar-refractivity contribution is 6.42. The normalized spacial score (nSPS) is 13.8. The van der Waals surface area contributed by atoms with Gasteiger partial charge in [-0.25, -0.2) is 0 Å². The van der Waals surface area contributed by atoms with Gasteiger partial charge < -0.3 is 14.8 Å². The number of hydrogen-bond acceptors (Lipinski definition) is 3. The Morgan fingerprint density at radius 3 is 2.64 bits per heavy atom. The molecule has 0 aromatic heterocycles. The van der Waals surface area contributed by atoms with Crippen LogP contribution >= 0.6 is 23.2 Å². The van der Waals surface area contributed by atoms with Crippen LogP contribution in [0.25, 0.3) is 0 Å². The second kappa shape index (κ2) is 6.07. The summed E-state index contributed by atoms with van der Waals surface area (Å²) in [6.07, 6.45) is 0. The first kappa shape index (κ1) is 15.0. The van der Waals surface area contributed by atoms with Gasteiger partial charge in [0, 0.05) is 5.56 Å². The summed E-state index contributed by atoms with van der Waals surface area (Å²) in [5, 5.41) is 3.86. The van der Waals surface area contributed by atoms with Crippen molar-refractivity contribution in [1.29, 1.82) is 0 Å². The Balaban J connectivity index is 1.74. The van der Waals surface area contributed by atoms with E-state index in [-0.39, 0.29) is 18.7 Å². The molecule has 0 bridgehead atoms. The largest absolute Gasteiger partial charge is 0.454 e. The van der Waals surface area contributed by atoms with Gasteiger partial charge in [0.25, 0.3) is 5.91 Å². The molecule has 2 aromatic carbocycles. The lowest BCUT2D eigenvalue weighted by molar-refractivity contribution is 0.0939. The number of ether oxygens (including phenoxy) is 2. The third kappa shape index (κ3) is 2.98. The van der Waals surface area contributed by atoms with Gasteiger partial charge in [0.2, 0.25) is 6.79 Å². The molecule has 1 aliphatic heterocycles. The van der Waals surface area contributed by atoms with E-state index in [2.05, 4.69) is 5.32 Å². The van der Waals surface area contributed by atoms with Crippen LogP contribution in [0.5, 0.6) is 11.5 Å². The summed E-state index contributed by atoms with van der Waals surface area (Å²) < 4.78 is 10.5. The predicted octanol–water partition coefficient (Wildman–Crippen LogP) is 4.21. The van der Waals surface area contributed by atoms with Gasteiger partial charge in [-0.15, -0.1) is 0 Å². The molecule has 22 heavy (non-hydrogen) atoms. The quantitative estimate of drug-likeness (QED) is 0.912. The van der Waals surface area contributed by atoms with Crippen LogP contribution in [0.3, 0.4) is 0 Å². The third-order valence-electron chi connectivity index (χ3n) is 3.43. The molecule has 114 valence electrons. The Morgan fingerprint density at radius 2 is 1.86 bits per heavy atom. The van der Waals surface area contributed by atoms with E-state index in [1.165, 1.54) is 0 Å². The molecular weight excluding hydrogens is 325 g/mol. The number of rotatable bonds is 3. The maximum Gasteiger partial charge on any atom is 0.251 e. The highest BCUT2D eigenvalue weighted by Crippen LogP contribution is 2.32. The lowest BCUT2D eigenvalue weighted by Gasteiger charge is -2.15. The molecular formula is C16H13Cl2NO3. The third-order valence-corrected chi connectivity index (χ3v) is 4.17. The molecule has 2 aromatic rings. The van der Waals surface area contributed by atoms with E-state index >= 15 is 0 Å². The Kier molecular flexibility index (Phi) is 4.14. The Morgan fingerprint density at radius 1 is 1.09 bits per heavy atom. The second-order valence-electron chi connectivity index (χ2n) is 4.94. The van der Waals surface area contributed by atoms with Crippen molar-refractivity contribution >= 4 is 29.1 Å². The number of amides is 1. The summed E-state index contributed by atoms with van der Waals surface area (Å²) >= 11 is 11.9. The molecule has 0 fully saturated rings. The van der Waals surface area contributed by atoms with Crippen LogP contribution in [0, 0.1) is 0 Å².